The quantitative estimate of drug-likeness (QED) is 0.745. The van der Waals surface area contributed by atoms with E-state index in [1.807, 2.05) is 11.9 Å². The molecular weight excluding hydrogens is 198 g/mol. The largest absolute Gasteiger partial charge is 0.381 e. The van der Waals surface area contributed by atoms with Crippen LogP contribution in [0.5, 0.6) is 0 Å². The third-order valence-electron chi connectivity index (χ3n) is 2.69. The molecule has 1 rings (SSSR count). The fourth-order valence-corrected chi connectivity index (χ4v) is 1.70. The Labute approximate surface area is 98.9 Å². The van der Waals surface area contributed by atoms with Gasteiger partial charge >= 0.3 is 0 Å². The van der Waals surface area contributed by atoms with E-state index in [0.29, 0.717) is 5.92 Å². The monoisotopic (exact) mass is 221 g/mol. The van der Waals surface area contributed by atoms with E-state index in [2.05, 4.69) is 38.1 Å². The van der Waals surface area contributed by atoms with E-state index < -0.39 is 0 Å². The van der Waals surface area contributed by atoms with Gasteiger partial charge < -0.3 is 5.11 Å². The van der Waals surface area contributed by atoms with Gasteiger partial charge in [0.1, 0.15) is 0 Å². The SMILES string of the molecule is CC(C)Cc1ccc(CCN(C)CO)cc1. The molecule has 0 radical (unpaired) electrons. The van der Waals surface area contributed by atoms with Crippen LogP contribution in [0.1, 0.15) is 25.0 Å². The Morgan fingerprint density at radius 3 is 2.19 bits per heavy atom. The van der Waals surface area contributed by atoms with Crippen LogP contribution in [0, 0.1) is 5.92 Å². The van der Waals surface area contributed by atoms with Crippen molar-refractivity contribution in [2.45, 2.75) is 26.7 Å². The number of hydrogen-bond acceptors (Lipinski definition) is 2. The van der Waals surface area contributed by atoms with Crippen LogP contribution in [0.2, 0.25) is 0 Å². The molecule has 0 aliphatic carbocycles. The van der Waals surface area contributed by atoms with Crippen molar-refractivity contribution >= 4 is 0 Å². The zero-order valence-electron chi connectivity index (χ0n) is 10.6. The summed E-state index contributed by atoms with van der Waals surface area (Å²) in [5, 5.41) is 8.88. The second kappa shape index (κ2) is 6.66. The fraction of sp³-hybridized carbons (Fsp3) is 0.571. The first-order chi connectivity index (χ1) is 7.61. The molecule has 0 bridgehead atoms. The van der Waals surface area contributed by atoms with Crippen LogP contribution >= 0.6 is 0 Å². The maximum atomic E-state index is 8.88. The van der Waals surface area contributed by atoms with Crippen LogP contribution in [0.15, 0.2) is 24.3 Å². The van der Waals surface area contributed by atoms with Crippen molar-refractivity contribution in [2.24, 2.45) is 5.92 Å². The van der Waals surface area contributed by atoms with Gasteiger partial charge in [0.15, 0.2) is 0 Å². The first-order valence-corrected chi connectivity index (χ1v) is 5.99. The Morgan fingerprint density at radius 1 is 1.12 bits per heavy atom. The van der Waals surface area contributed by atoms with E-state index in [-0.39, 0.29) is 6.73 Å². The maximum Gasteiger partial charge on any atom is 0.0954 e. The van der Waals surface area contributed by atoms with Gasteiger partial charge in [-0.25, -0.2) is 0 Å². The van der Waals surface area contributed by atoms with E-state index in [1.54, 1.807) is 0 Å². The molecule has 0 aliphatic heterocycles. The maximum absolute atomic E-state index is 8.88. The van der Waals surface area contributed by atoms with Gasteiger partial charge in [-0.1, -0.05) is 38.1 Å². The average Bonchev–Trinajstić information content (AvgIpc) is 2.27. The predicted molar refractivity (Wildman–Crippen MR) is 68.4 cm³/mol. The van der Waals surface area contributed by atoms with Crippen LogP contribution in [-0.2, 0) is 12.8 Å². The molecule has 0 atom stereocenters. The summed E-state index contributed by atoms with van der Waals surface area (Å²) < 4.78 is 0. The van der Waals surface area contributed by atoms with Crippen molar-refractivity contribution in [1.29, 1.82) is 0 Å². The second-order valence-electron chi connectivity index (χ2n) is 4.89. The number of hydrogen-bond donors (Lipinski definition) is 1. The summed E-state index contributed by atoms with van der Waals surface area (Å²) in [6, 6.07) is 8.83. The summed E-state index contributed by atoms with van der Waals surface area (Å²) in [7, 11) is 1.92. The summed E-state index contributed by atoms with van der Waals surface area (Å²) in [6.07, 6.45) is 2.15. The molecule has 0 aromatic heterocycles. The summed E-state index contributed by atoms with van der Waals surface area (Å²) >= 11 is 0. The molecule has 1 N–H and O–H groups in total. The van der Waals surface area contributed by atoms with Gasteiger partial charge in [0.05, 0.1) is 6.73 Å². The average molecular weight is 221 g/mol. The van der Waals surface area contributed by atoms with E-state index in [9.17, 15) is 0 Å². The fourth-order valence-electron chi connectivity index (χ4n) is 1.70. The van der Waals surface area contributed by atoms with Crippen molar-refractivity contribution < 1.29 is 5.11 Å². The Balaban J connectivity index is 2.45. The molecule has 2 nitrogen and oxygen atoms in total. The van der Waals surface area contributed by atoms with Crippen molar-refractivity contribution in [3.05, 3.63) is 35.4 Å². The van der Waals surface area contributed by atoms with Gasteiger partial charge in [0.25, 0.3) is 0 Å². The number of likely N-dealkylation sites (N-methyl/N-ethyl adjacent to an activating group) is 1. The number of aliphatic hydroxyl groups excluding tert-OH is 1. The second-order valence-corrected chi connectivity index (χ2v) is 4.89. The first-order valence-electron chi connectivity index (χ1n) is 5.99. The van der Waals surface area contributed by atoms with Crippen LogP contribution < -0.4 is 0 Å². The molecule has 1 aromatic carbocycles. The molecule has 0 saturated heterocycles. The highest BCUT2D eigenvalue weighted by Crippen LogP contribution is 2.10. The lowest BCUT2D eigenvalue weighted by Gasteiger charge is -2.12. The molecule has 0 unspecified atom stereocenters. The first kappa shape index (κ1) is 13.2. The van der Waals surface area contributed by atoms with E-state index in [4.69, 9.17) is 5.11 Å². The summed E-state index contributed by atoms with van der Waals surface area (Å²) in [6.45, 7) is 5.51. The Hall–Kier alpha value is -0.860. The Morgan fingerprint density at radius 2 is 1.69 bits per heavy atom. The van der Waals surface area contributed by atoms with Gasteiger partial charge in [-0.2, -0.15) is 0 Å². The van der Waals surface area contributed by atoms with Crippen molar-refractivity contribution in [3.8, 4) is 0 Å². The van der Waals surface area contributed by atoms with E-state index >= 15 is 0 Å². The van der Waals surface area contributed by atoms with Gasteiger partial charge in [-0.15, -0.1) is 0 Å². The normalized spacial score (nSPS) is 11.4. The minimum absolute atomic E-state index is 0.130. The topological polar surface area (TPSA) is 23.5 Å². The summed E-state index contributed by atoms with van der Waals surface area (Å²) in [4.78, 5) is 1.90. The van der Waals surface area contributed by atoms with Gasteiger partial charge in [-0.05, 0) is 36.9 Å². The molecule has 1 aromatic rings. The Bertz CT molecular complexity index is 292. The van der Waals surface area contributed by atoms with E-state index in [1.165, 1.54) is 11.1 Å². The highest BCUT2D eigenvalue weighted by molar-refractivity contribution is 5.23. The molecule has 0 saturated carbocycles. The van der Waals surface area contributed by atoms with Crippen LogP contribution in [0.25, 0.3) is 0 Å². The summed E-state index contributed by atoms with van der Waals surface area (Å²) in [5.41, 5.74) is 2.75. The number of aliphatic hydroxyl groups is 1. The number of nitrogens with zero attached hydrogens (tertiary/aromatic N) is 1. The zero-order chi connectivity index (χ0) is 12.0. The lowest BCUT2D eigenvalue weighted by Crippen LogP contribution is -2.21. The zero-order valence-corrected chi connectivity index (χ0v) is 10.6. The van der Waals surface area contributed by atoms with E-state index in [0.717, 1.165) is 19.4 Å². The molecule has 0 amide bonds. The third-order valence-corrected chi connectivity index (χ3v) is 2.69. The lowest BCUT2D eigenvalue weighted by atomic mass is 10.0. The Kier molecular flexibility index (Phi) is 5.50. The third kappa shape index (κ3) is 4.77. The van der Waals surface area contributed by atoms with Crippen molar-refractivity contribution in [2.75, 3.05) is 20.3 Å². The molecule has 2 heteroatoms. The standard InChI is InChI=1S/C14H23NO/c1-12(2)10-14-6-4-13(5-7-14)8-9-15(3)11-16/h4-7,12,16H,8-11H2,1-3H3. The van der Waals surface area contributed by atoms with Crippen molar-refractivity contribution in [1.82, 2.24) is 4.90 Å². The van der Waals surface area contributed by atoms with Crippen LogP contribution in [0.4, 0.5) is 0 Å². The molecule has 0 spiro atoms. The van der Waals surface area contributed by atoms with Crippen molar-refractivity contribution in [3.63, 3.8) is 0 Å². The predicted octanol–water partition coefficient (Wildman–Crippen LogP) is 2.31. The summed E-state index contributed by atoms with van der Waals surface area (Å²) in [5.74, 6) is 0.714. The molecule has 90 valence electrons. The van der Waals surface area contributed by atoms with Gasteiger partial charge in [0.2, 0.25) is 0 Å². The van der Waals surface area contributed by atoms with Crippen LogP contribution in [0.3, 0.4) is 0 Å². The minimum atomic E-state index is 0.130. The van der Waals surface area contributed by atoms with Gasteiger partial charge in [0, 0.05) is 6.54 Å². The highest BCUT2D eigenvalue weighted by atomic mass is 16.3. The molecule has 16 heavy (non-hydrogen) atoms. The smallest absolute Gasteiger partial charge is 0.0954 e. The minimum Gasteiger partial charge on any atom is -0.381 e. The number of rotatable bonds is 6. The highest BCUT2D eigenvalue weighted by Gasteiger charge is 2.00. The number of benzene rings is 1. The molecule has 0 fully saturated rings. The molecular formula is C14H23NO. The van der Waals surface area contributed by atoms with Gasteiger partial charge in [-0.3, -0.25) is 4.90 Å². The lowest BCUT2D eigenvalue weighted by molar-refractivity contribution is 0.134. The van der Waals surface area contributed by atoms with Crippen LogP contribution in [-0.4, -0.2) is 30.3 Å². The molecule has 0 heterocycles. The molecule has 0 aliphatic rings.